The van der Waals surface area contributed by atoms with E-state index in [-0.39, 0.29) is 0 Å². The summed E-state index contributed by atoms with van der Waals surface area (Å²) in [7, 11) is 0. The zero-order chi connectivity index (χ0) is 17.8. The van der Waals surface area contributed by atoms with Crippen molar-refractivity contribution >= 4 is 11.8 Å². The summed E-state index contributed by atoms with van der Waals surface area (Å²) in [5.74, 6) is 1.47. The van der Waals surface area contributed by atoms with Crippen LogP contribution in [0, 0.1) is 11.3 Å². The summed E-state index contributed by atoms with van der Waals surface area (Å²) < 4.78 is 0. The van der Waals surface area contributed by atoms with Gasteiger partial charge in [0.1, 0.15) is 11.9 Å². The Kier molecular flexibility index (Phi) is 4.39. The topological polar surface area (TPSA) is 81.8 Å². The van der Waals surface area contributed by atoms with E-state index < -0.39 is 0 Å². The van der Waals surface area contributed by atoms with Crippen molar-refractivity contribution in [2.45, 2.75) is 0 Å². The lowest BCUT2D eigenvalue weighted by Gasteiger charge is -2.35. The first-order chi connectivity index (χ1) is 12.8. The summed E-state index contributed by atoms with van der Waals surface area (Å²) in [5.41, 5.74) is 2.44. The summed E-state index contributed by atoms with van der Waals surface area (Å²) in [5, 5.41) is 9.27. The van der Waals surface area contributed by atoms with E-state index >= 15 is 0 Å². The molecule has 1 aliphatic rings. The standard InChI is InChI=1S/C19H17N7/c20-13-15-3-2-7-22-18(15)25-9-11-26(12-10-25)19-23-8-5-17(24-19)16-4-1-6-21-14-16/h1-8,14H,9-12H2. The number of nitriles is 1. The van der Waals surface area contributed by atoms with Gasteiger partial charge in [0.05, 0.1) is 11.3 Å². The van der Waals surface area contributed by atoms with E-state index in [2.05, 4.69) is 35.8 Å². The molecule has 0 aliphatic carbocycles. The highest BCUT2D eigenvalue weighted by Gasteiger charge is 2.22. The van der Waals surface area contributed by atoms with Crippen LogP contribution in [0.4, 0.5) is 11.8 Å². The average molecular weight is 343 g/mol. The van der Waals surface area contributed by atoms with Crippen molar-refractivity contribution in [1.82, 2.24) is 19.9 Å². The van der Waals surface area contributed by atoms with Crippen LogP contribution in [-0.2, 0) is 0 Å². The molecule has 128 valence electrons. The number of rotatable bonds is 3. The molecule has 1 aliphatic heterocycles. The molecule has 7 heteroatoms. The Labute approximate surface area is 151 Å². The number of anilines is 2. The van der Waals surface area contributed by atoms with Gasteiger partial charge < -0.3 is 9.80 Å². The van der Waals surface area contributed by atoms with E-state index in [4.69, 9.17) is 0 Å². The summed E-state index contributed by atoms with van der Waals surface area (Å²) in [6, 6.07) is 11.6. The van der Waals surface area contributed by atoms with Crippen LogP contribution in [0.25, 0.3) is 11.3 Å². The molecule has 26 heavy (non-hydrogen) atoms. The Morgan fingerprint density at radius 2 is 1.69 bits per heavy atom. The lowest BCUT2D eigenvalue weighted by Crippen LogP contribution is -2.47. The first kappa shape index (κ1) is 16.0. The van der Waals surface area contributed by atoms with Crippen molar-refractivity contribution in [2.75, 3.05) is 36.0 Å². The second-order valence-corrected chi connectivity index (χ2v) is 5.94. The molecule has 0 radical (unpaired) electrons. The molecule has 0 spiro atoms. The van der Waals surface area contributed by atoms with Gasteiger partial charge in [-0.05, 0) is 30.3 Å². The van der Waals surface area contributed by atoms with Gasteiger partial charge in [-0.3, -0.25) is 4.98 Å². The molecule has 1 saturated heterocycles. The molecule has 0 atom stereocenters. The summed E-state index contributed by atoms with van der Waals surface area (Å²) in [4.78, 5) is 21.9. The van der Waals surface area contributed by atoms with Gasteiger partial charge in [0.25, 0.3) is 0 Å². The van der Waals surface area contributed by atoms with Gasteiger partial charge in [-0.25, -0.2) is 15.0 Å². The predicted octanol–water partition coefficient (Wildman–Crippen LogP) is 2.13. The van der Waals surface area contributed by atoms with Crippen molar-refractivity contribution in [1.29, 1.82) is 5.26 Å². The van der Waals surface area contributed by atoms with Gasteiger partial charge in [0.15, 0.2) is 0 Å². The predicted molar refractivity (Wildman–Crippen MR) is 98.6 cm³/mol. The minimum Gasteiger partial charge on any atom is -0.352 e. The van der Waals surface area contributed by atoms with E-state index in [0.717, 1.165) is 43.3 Å². The SMILES string of the molecule is N#Cc1cccnc1N1CCN(c2nccc(-c3cccnc3)n2)CC1. The summed E-state index contributed by atoms with van der Waals surface area (Å²) in [6.07, 6.45) is 7.05. The molecule has 4 heterocycles. The van der Waals surface area contributed by atoms with Gasteiger partial charge in [-0.2, -0.15) is 5.26 Å². The highest BCUT2D eigenvalue weighted by atomic mass is 15.3. The van der Waals surface area contributed by atoms with Crippen molar-refractivity contribution in [3.8, 4) is 17.3 Å². The third-order valence-corrected chi connectivity index (χ3v) is 4.37. The zero-order valence-electron chi connectivity index (χ0n) is 14.2. The molecule has 0 aromatic carbocycles. The van der Waals surface area contributed by atoms with Gasteiger partial charge in [0, 0.05) is 56.5 Å². The second-order valence-electron chi connectivity index (χ2n) is 5.94. The lowest BCUT2D eigenvalue weighted by molar-refractivity contribution is 0.634. The molecular weight excluding hydrogens is 326 g/mol. The molecule has 1 fully saturated rings. The van der Waals surface area contributed by atoms with Crippen molar-refractivity contribution < 1.29 is 0 Å². The van der Waals surface area contributed by atoms with Crippen LogP contribution >= 0.6 is 0 Å². The maximum Gasteiger partial charge on any atom is 0.225 e. The van der Waals surface area contributed by atoms with Crippen LogP contribution in [-0.4, -0.2) is 46.1 Å². The Morgan fingerprint density at radius 3 is 2.46 bits per heavy atom. The maximum absolute atomic E-state index is 9.27. The highest BCUT2D eigenvalue weighted by Crippen LogP contribution is 2.21. The molecule has 0 unspecified atom stereocenters. The number of pyridine rings is 2. The van der Waals surface area contributed by atoms with Gasteiger partial charge in [-0.1, -0.05) is 0 Å². The minimum atomic E-state index is 0.607. The van der Waals surface area contributed by atoms with Crippen LogP contribution in [0.1, 0.15) is 5.56 Å². The van der Waals surface area contributed by atoms with E-state index in [0.29, 0.717) is 11.5 Å². The maximum atomic E-state index is 9.27. The van der Waals surface area contributed by atoms with E-state index in [1.165, 1.54) is 0 Å². The van der Waals surface area contributed by atoms with Crippen LogP contribution in [0.5, 0.6) is 0 Å². The fourth-order valence-electron chi connectivity index (χ4n) is 3.03. The fraction of sp³-hybridized carbons (Fsp3) is 0.211. The number of piperazine rings is 1. The minimum absolute atomic E-state index is 0.607. The Hall–Kier alpha value is -3.53. The van der Waals surface area contributed by atoms with E-state index in [9.17, 15) is 5.26 Å². The smallest absolute Gasteiger partial charge is 0.225 e. The summed E-state index contributed by atoms with van der Waals surface area (Å²) in [6.45, 7) is 3.09. The normalized spacial score (nSPS) is 14.1. The van der Waals surface area contributed by atoms with Crippen LogP contribution in [0.3, 0.4) is 0 Å². The molecule has 0 amide bonds. The number of nitrogens with zero attached hydrogens (tertiary/aromatic N) is 7. The van der Waals surface area contributed by atoms with Crippen LogP contribution in [0.15, 0.2) is 55.1 Å². The van der Waals surface area contributed by atoms with Crippen LogP contribution in [0.2, 0.25) is 0 Å². The number of aromatic nitrogens is 4. The molecule has 0 saturated carbocycles. The van der Waals surface area contributed by atoms with Gasteiger partial charge in [0.2, 0.25) is 5.95 Å². The summed E-state index contributed by atoms with van der Waals surface area (Å²) >= 11 is 0. The number of hydrogen-bond donors (Lipinski definition) is 0. The fourth-order valence-corrected chi connectivity index (χ4v) is 3.03. The quantitative estimate of drug-likeness (QED) is 0.720. The molecule has 4 rings (SSSR count). The molecular formula is C19H17N7. The first-order valence-electron chi connectivity index (χ1n) is 8.43. The van der Waals surface area contributed by atoms with Crippen molar-refractivity contribution in [3.05, 3.63) is 60.7 Å². The largest absolute Gasteiger partial charge is 0.352 e. The number of hydrogen-bond acceptors (Lipinski definition) is 7. The molecule has 7 nitrogen and oxygen atoms in total. The Bertz CT molecular complexity index is 928. The van der Waals surface area contributed by atoms with Crippen molar-refractivity contribution in [2.24, 2.45) is 0 Å². The Balaban J connectivity index is 1.50. The lowest BCUT2D eigenvalue weighted by atomic mass is 10.2. The van der Waals surface area contributed by atoms with Crippen molar-refractivity contribution in [3.63, 3.8) is 0 Å². The van der Waals surface area contributed by atoms with Gasteiger partial charge >= 0.3 is 0 Å². The van der Waals surface area contributed by atoms with Crippen LogP contribution < -0.4 is 9.80 Å². The second kappa shape index (κ2) is 7.15. The highest BCUT2D eigenvalue weighted by molar-refractivity contribution is 5.59. The van der Waals surface area contributed by atoms with Gasteiger partial charge in [-0.15, -0.1) is 0 Å². The monoisotopic (exact) mass is 343 g/mol. The molecule has 3 aromatic heterocycles. The molecule has 0 bridgehead atoms. The van der Waals surface area contributed by atoms with E-state index in [1.807, 2.05) is 18.2 Å². The first-order valence-corrected chi connectivity index (χ1v) is 8.43. The molecule has 0 N–H and O–H groups in total. The third-order valence-electron chi connectivity index (χ3n) is 4.37. The zero-order valence-corrected chi connectivity index (χ0v) is 14.2. The van der Waals surface area contributed by atoms with E-state index in [1.54, 1.807) is 36.9 Å². The third kappa shape index (κ3) is 3.17. The Morgan fingerprint density at radius 1 is 0.885 bits per heavy atom. The molecule has 3 aromatic rings. The average Bonchev–Trinajstić information content (AvgIpc) is 2.74.